The van der Waals surface area contributed by atoms with Gasteiger partial charge in [0.15, 0.2) is 0 Å². The molecule has 2 N–H and O–H groups in total. The molecule has 1 saturated heterocycles. The molecule has 1 amide bonds. The zero-order valence-corrected chi connectivity index (χ0v) is 18.5. The molecule has 2 aromatic rings. The highest BCUT2D eigenvalue weighted by molar-refractivity contribution is 6.35. The number of benzene rings is 1. The van der Waals surface area contributed by atoms with Crippen LogP contribution in [0.25, 0.3) is 10.9 Å². The van der Waals surface area contributed by atoms with E-state index in [0.29, 0.717) is 11.4 Å². The normalized spacial score (nSPS) is 25.3. The Morgan fingerprint density at radius 1 is 1.23 bits per heavy atom. The second kappa shape index (κ2) is 8.62. The van der Waals surface area contributed by atoms with Crippen molar-refractivity contribution in [2.75, 3.05) is 6.54 Å². The molecule has 1 saturated carbocycles. The summed E-state index contributed by atoms with van der Waals surface area (Å²) in [6.45, 7) is 5.03. The maximum Gasteiger partial charge on any atom is 0.306 e. The van der Waals surface area contributed by atoms with Gasteiger partial charge in [0.25, 0.3) is 0 Å². The zero-order valence-electron chi connectivity index (χ0n) is 17.7. The molecule has 2 fully saturated rings. The molecule has 1 aliphatic heterocycles. The Kier molecular flexibility index (Phi) is 6.10. The minimum absolute atomic E-state index is 0.0605. The van der Waals surface area contributed by atoms with E-state index in [1.54, 1.807) is 0 Å². The Balaban J connectivity index is 1.58. The van der Waals surface area contributed by atoms with Crippen LogP contribution in [0.15, 0.2) is 24.4 Å². The van der Waals surface area contributed by atoms with E-state index in [1.165, 1.54) is 0 Å². The third-order valence-electron chi connectivity index (χ3n) is 7.28. The number of aliphatic carboxylic acids is 1. The van der Waals surface area contributed by atoms with E-state index < -0.39 is 5.97 Å². The monoisotopic (exact) mass is 430 g/mol. The number of fused-ring (bicyclic) bond motifs is 2. The van der Waals surface area contributed by atoms with Crippen molar-refractivity contribution in [3.8, 4) is 0 Å². The second-order valence-corrected chi connectivity index (χ2v) is 9.70. The predicted molar refractivity (Wildman–Crippen MR) is 119 cm³/mol. The molecule has 0 bridgehead atoms. The molecular formula is C24H31ClN2O3. The maximum atomic E-state index is 13.5. The van der Waals surface area contributed by atoms with Crippen LogP contribution >= 0.6 is 11.6 Å². The highest BCUT2D eigenvalue weighted by Gasteiger charge is 2.43. The lowest BCUT2D eigenvalue weighted by Gasteiger charge is -2.47. The first-order valence-corrected chi connectivity index (χ1v) is 11.5. The fraction of sp³-hybridized carbons (Fsp3) is 0.583. The standard InChI is InChI=1S/C24H31ClN2O3/c1-14(2)17(18-13-26-20-9-4-8-19(25)23(18)20)12-22(28)27-11-5-7-15-16(24(29)30)6-3-10-21(15)27/h4,8-9,13-17,21,26H,3,5-7,10-12H2,1-2H3,(H,29,30). The van der Waals surface area contributed by atoms with Crippen LogP contribution < -0.4 is 0 Å². The Hall–Kier alpha value is -2.01. The summed E-state index contributed by atoms with van der Waals surface area (Å²) in [4.78, 5) is 30.6. The van der Waals surface area contributed by atoms with Gasteiger partial charge in [-0.05, 0) is 61.1 Å². The van der Waals surface area contributed by atoms with Gasteiger partial charge >= 0.3 is 5.97 Å². The Morgan fingerprint density at radius 3 is 2.77 bits per heavy atom. The molecule has 5 nitrogen and oxygen atoms in total. The van der Waals surface area contributed by atoms with Crippen LogP contribution in [-0.2, 0) is 9.59 Å². The van der Waals surface area contributed by atoms with E-state index >= 15 is 0 Å². The van der Waals surface area contributed by atoms with Gasteiger partial charge in [-0.15, -0.1) is 0 Å². The van der Waals surface area contributed by atoms with Gasteiger partial charge in [-0.2, -0.15) is 0 Å². The molecule has 0 spiro atoms. The average molecular weight is 431 g/mol. The second-order valence-electron chi connectivity index (χ2n) is 9.30. The molecule has 6 heteroatoms. The zero-order chi connectivity index (χ0) is 21.4. The summed E-state index contributed by atoms with van der Waals surface area (Å²) in [5.41, 5.74) is 2.09. The van der Waals surface area contributed by atoms with Crippen molar-refractivity contribution in [3.05, 3.63) is 35.0 Å². The van der Waals surface area contributed by atoms with Gasteiger partial charge in [-0.1, -0.05) is 37.9 Å². The van der Waals surface area contributed by atoms with Crippen molar-refractivity contribution >= 4 is 34.4 Å². The largest absolute Gasteiger partial charge is 0.481 e. The molecule has 0 radical (unpaired) electrons. The quantitative estimate of drug-likeness (QED) is 0.662. The number of carboxylic acid groups (broad SMARTS) is 1. The summed E-state index contributed by atoms with van der Waals surface area (Å²) in [5, 5.41) is 11.4. The van der Waals surface area contributed by atoms with E-state index in [1.807, 2.05) is 29.3 Å². The van der Waals surface area contributed by atoms with Crippen LogP contribution in [0.3, 0.4) is 0 Å². The number of nitrogens with one attached hydrogen (secondary N) is 1. The number of aromatic amines is 1. The predicted octanol–water partition coefficient (Wildman–Crippen LogP) is 5.44. The van der Waals surface area contributed by atoms with Gasteiger partial charge in [0.2, 0.25) is 5.91 Å². The number of amides is 1. The van der Waals surface area contributed by atoms with Crippen LogP contribution in [0.2, 0.25) is 5.02 Å². The highest BCUT2D eigenvalue weighted by Crippen LogP contribution is 2.41. The van der Waals surface area contributed by atoms with Crippen LogP contribution in [0.5, 0.6) is 0 Å². The lowest BCUT2D eigenvalue weighted by molar-refractivity contribution is -0.152. The molecule has 1 aromatic carbocycles. The van der Waals surface area contributed by atoms with Crippen LogP contribution in [-0.4, -0.2) is 39.5 Å². The van der Waals surface area contributed by atoms with Gasteiger partial charge in [0.1, 0.15) is 0 Å². The summed E-state index contributed by atoms with van der Waals surface area (Å²) in [6, 6.07) is 5.90. The van der Waals surface area contributed by atoms with Gasteiger partial charge in [-0.25, -0.2) is 0 Å². The fourth-order valence-electron chi connectivity index (χ4n) is 5.77. The molecule has 4 rings (SSSR count). The summed E-state index contributed by atoms with van der Waals surface area (Å²) in [5.74, 6) is -0.432. The molecule has 4 atom stereocenters. The summed E-state index contributed by atoms with van der Waals surface area (Å²) in [6.07, 6.45) is 6.77. The van der Waals surface area contributed by atoms with Crippen molar-refractivity contribution in [1.82, 2.24) is 9.88 Å². The fourth-order valence-corrected chi connectivity index (χ4v) is 6.05. The number of H-pyrrole nitrogens is 1. The van der Waals surface area contributed by atoms with E-state index in [9.17, 15) is 14.7 Å². The number of hydrogen-bond donors (Lipinski definition) is 2. The lowest BCUT2D eigenvalue weighted by atomic mass is 9.71. The smallest absolute Gasteiger partial charge is 0.306 e. The molecule has 162 valence electrons. The van der Waals surface area contributed by atoms with Crippen molar-refractivity contribution in [1.29, 1.82) is 0 Å². The molecule has 30 heavy (non-hydrogen) atoms. The first-order chi connectivity index (χ1) is 14.4. The number of nitrogens with zero attached hydrogens (tertiary/aromatic N) is 1. The first-order valence-electron chi connectivity index (χ1n) is 11.2. The summed E-state index contributed by atoms with van der Waals surface area (Å²) in [7, 11) is 0. The lowest BCUT2D eigenvalue weighted by Crippen LogP contribution is -2.53. The Bertz CT molecular complexity index is 938. The van der Waals surface area contributed by atoms with Crippen molar-refractivity contribution < 1.29 is 14.7 Å². The van der Waals surface area contributed by atoms with Gasteiger partial charge in [0, 0.05) is 36.1 Å². The molecule has 1 aromatic heterocycles. The Morgan fingerprint density at radius 2 is 2.03 bits per heavy atom. The van der Waals surface area contributed by atoms with Crippen LogP contribution in [0.4, 0.5) is 0 Å². The molecule has 2 aliphatic rings. The third-order valence-corrected chi connectivity index (χ3v) is 7.60. The first kappa shape index (κ1) is 21.2. The molecule has 4 unspecified atom stereocenters. The average Bonchev–Trinajstić information content (AvgIpc) is 3.15. The highest BCUT2D eigenvalue weighted by atomic mass is 35.5. The summed E-state index contributed by atoms with van der Waals surface area (Å²) >= 11 is 6.50. The van der Waals surface area contributed by atoms with E-state index in [0.717, 1.165) is 55.1 Å². The number of carboxylic acids is 1. The van der Waals surface area contributed by atoms with Crippen molar-refractivity contribution in [2.24, 2.45) is 17.8 Å². The van der Waals surface area contributed by atoms with E-state index in [4.69, 9.17) is 11.6 Å². The number of hydrogen-bond acceptors (Lipinski definition) is 2. The molecular weight excluding hydrogens is 400 g/mol. The number of halogens is 1. The number of rotatable bonds is 5. The van der Waals surface area contributed by atoms with Gasteiger partial charge < -0.3 is 15.0 Å². The minimum atomic E-state index is -0.701. The van der Waals surface area contributed by atoms with E-state index in [-0.39, 0.29) is 35.6 Å². The Labute approximate surface area is 182 Å². The van der Waals surface area contributed by atoms with Crippen molar-refractivity contribution in [3.63, 3.8) is 0 Å². The molecule has 1 aliphatic carbocycles. The summed E-state index contributed by atoms with van der Waals surface area (Å²) < 4.78 is 0. The van der Waals surface area contributed by atoms with Crippen molar-refractivity contribution in [2.45, 2.75) is 64.3 Å². The van der Waals surface area contributed by atoms with E-state index in [2.05, 4.69) is 18.8 Å². The number of likely N-dealkylation sites (tertiary alicyclic amines) is 1. The maximum absolute atomic E-state index is 13.5. The number of aromatic nitrogens is 1. The SMILES string of the molecule is CC(C)C(CC(=O)N1CCCC2C(C(=O)O)CCCC21)c1c[nH]c2cccc(Cl)c12. The van der Waals surface area contributed by atoms with Gasteiger partial charge in [-0.3, -0.25) is 9.59 Å². The number of carbonyl (C=O) groups is 2. The molecule has 2 heterocycles. The van der Waals surface area contributed by atoms with Crippen LogP contribution in [0.1, 0.15) is 63.9 Å². The third kappa shape index (κ3) is 3.84. The van der Waals surface area contributed by atoms with Crippen LogP contribution in [0, 0.1) is 17.8 Å². The topological polar surface area (TPSA) is 73.4 Å². The van der Waals surface area contributed by atoms with Gasteiger partial charge in [0.05, 0.1) is 10.9 Å². The number of carbonyl (C=O) groups excluding carboxylic acids is 1. The number of piperidine rings is 1. The minimum Gasteiger partial charge on any atom is -0.481 e.